The summed E-state index contributed by atoms with van der Waals surface area (Å²) in [7, 11) is 0. The average Bonchev–Trinajstić information content (AvgIpc) is 2.84. The lowest BCUT2D eigenvalue weighted by Gasteiger charge is -2.10. The second-order valence-corrected chi connectivity index (χ2v) is 6.29. The zero-order valence-corrected chi connectivity index (χ0v) is 12.2. The molecule has 0 unspecified atom stereocenters. The van der Waals surface area contributed by atoms with Crippen LogP contribution in [0.5, 0.6) is 0 Å². The van der Waals surface area contributed by atoms with Crippen LogP contribution in [0.25, 0.3) is 10.1 Å². The Hall–Kier alpha value is -1.23. The van der Waals surface area contributed by atoms with E-state index in [1.54, 1.807) is 12.1 Å². The second-order valence-electron chi connectivity index (χ2n) is 4.25. The molecule has 0 aliphatic heterocycles. The summed E-state index contributed by atoms with van der Waals surface area (Å²) in [5.41, 5.74) is 0.293. The van der Waals surface area contributed by atoms with Gasteiger partial charge in [0.25, 0.3) is 0 Å². The van der Waals surface area contributed by atoms with Crippen LogP contribution in [0.4, 0.5) is 4.39 Å². The smallest absolute Gasteiger partial charge is 0.129 e. The predicted octanol–water partition coefficient (Wildman–Crippen LogP) is 4.88. The Morgan fingerprint density at radius 3 is 2.68 bits per heavy atom. The summed E-state index contributed by atoms with van der Waals surface area (Å²) in [6.07, 6.45) is -0.935. The minimum Gasteiger partial charge on any atom is -0.383 e. The summed E-state index contributed by atoms with van der Waals surface area (Å²) in [5, 5.41) is 11.4. The van der Waals surface area contributed by atoms with Crippen molar-refractivity contribution in [1.29, 1.82) is 0 Å². The Balaban J connectivity index is 2.07. The standard InChI is InChI=1S/C15H10BrFOS/c16-10-5-6-12(17)11(8-10)15(18)14-7-9-3-1-2-4-13(9)19-14/h1-8,15,18H/t15-/m0/s1. The fourth-order valence-corrected chi connectivity index (χ4v) is 3.46. The topological polar surface area (TPSA) is 20.2 Å². The van der Waals surface area contributed by atoms with E-state index in [0.717, 1.165) is 19.4 Å². The highest BCUT2D eigenvalue weighted by Crippen LogP contribution is 2.34. The Kier molecular flexibility index (Phi) is 3.39. The molecule has 0 aliphatic rings. The molecule has 96 valence electrons. The number of hydrogen-bond acceptors (Lipinski definition) is 2. The minimum absolute atomic E-state index is 0.293. The molecule has 1 aromatic heterocycles. The van der Waals surface area contributed by atoms with Crippen LogP contribution in [0.15, 0.2) is 53.0 Å². The molecule has 0 amide bonds. The van der Waals surface area contributed by atoms with Crippen LogP contribution in [0.1, 0.15) is 16.5 Å². The molecule has 1 atom stereocenters. The molecule has 0 saturated heterocycles. The highest BCUT2D eigenvalue weighted by atomic mass is 79.9. The SMILES string of the molecule is O[C@H](c1cc2ccccc2s1)c1cc(Br)ccc1F. The highest BCUT2D eigenvalue weighted by Gasteiger charge is 2.17. The lowest BCUT2D eigenvalue weighted by Crippen LogP contribution is -2.00. The maximum absolute atomic E-state index is 13.8. The summed E-state index contributed by atoms with van der Waals surface area (Å²) in [5.74, 6) is -0.395. The van der Waals surface area contributed by atoms with E-state index in [9.17, 15) is 9.50 Å². The van der Waals surface area contributed by atoms with Crippen LogP contribution < -0.4 is 0 Å². The van der Waals surface area contributed by atoms with Gasteiger partial charge in [0.2, 0.25) is 0 Å². The average molecular weight is 337 g/mol. The van der Waals surface area contributed by atoms with Gasteiger partial charge < -0.3 is 5.11 Å². The summed E-state index contributed by atoms with van der Waals surface area (Å²) in [4.78, 5) is 0.748. The van der Waals surface area contributed by atoms with E-state index >= 15 is 0 Å². The molecule has 1 nitrogen and oxygen atoms in total. The molecule has 1 N–H and O–H groups in total. The Morgan fingerprint density at radius 1 is 1.11 bits per heavy atom. The zero-order valence-electron chi connectivity index (χ0n) is 9.81. The zero-order chi connectivity index (χ0) is 13.4. The van der Waals surface area contributed by atoms with Gasteiger partial charge in [0.15, 0.2) is 0 Å². The number of thiophene rings is 1. The quantitative estimate of drug-likeness (QED) is 0.706. The van der Waals surface area contributed by atoms with Crippen molar-refractivity contribution in [3.05, 3.63) is 69.3 Å². The first kappa shape index (κ1) is 12.8. The third-order valence-electron chi connectivity index (χ3n) is 2.97. The number of benzene rings is 2. The number of aliphatic hydroxyl groups excluding tert-OH is 1. The van der Waals surface area contributed by atoms with Crippen molar-refractivity contribution in [1.82, 2.24) is 0 Å². The minimum atomic E-state index is -0.935. The maximum Gasteiger partial charge on any atom is 0.129 e. The lowest BCUT2D eigenvalue weighted by atomic mass is 10.1. The third-order valence-corrected chi connectivity index (χ3v) is 4.63. The first-order valence-corrected chi connectivity index (χ1v) is 7.37. The molecule has 2 aromatic carbocycles. The molecular weight excluding hydrogens is 327 g/mol. The number of fused-ring (bicyclic) bond motifs is 1. The molecule has 1 heterocycles. The van der Waals surface area contributed by atoms with Crippen molar-refractivity contribution in [3.63, 3.8) is 0 Å². The molecule has 0 fully saturated rings. The molecule has 0 aliphatic carbocycles. The number of hydrogen-bond donors (Lipinski definition) is 1. The summed E-state index contributed by atoms with van der Waals surface area (Å²) in [6, 6.07) is 14.4. The number of halogens is 2. The van der Waals surface area contributed by atoms with Crippen LogP contribution in [0.2, 0.25) is 0 Å². The van der Waals surface area contributed by atoms with Gasteiger partial charge >= 0.3 is 0 Å². The Morgan fingerprint density at radius 2 is 1.89 bits per heavy atom. The van der Waals surface area contributed by atoms with Crippen molar-refractivity contribution in [3.8, 4) is 0 Å². The number of rotatable bonds is 2. The van der Waals surface area contributed by atoms with Crippen LogP contribution in [-0.4, -0.2) is 5.11 Å². The van der Waals surface area contributed by atoms with Gasteiger partial charge in [0.05, 0.1) is 0 Å². The summed E-state index contributed by atoms with van der Waals surface area (Å²) >= 11 is 4.78. The summed E-state index contributed by atoms with van der Waals surface area (Å²) in [6.45, 7) is 0. The molecule has 0 spiro atoms. The van der Waals surface area contributed by atoms with Gasteiger partial charge in [0, 0.05) is 19.6 Å². The monoisotopic (exact) mass is 336 g/mol. The molecule has 3 aromatic rings. The third kappa shape index (κ3) is 2.43. The fourth-order valence-electron chi connectivity index (χ4n) is 2.01. The molecule has 3 rings (SSSR count). The summed E-state index contributed by atoms with van der Waals surface area (Å²) < 4.78 is 15.6. The van der Waals surface area contributed by atoms with Gasteiger partial charge in [0.1, 0.15) is 11.9 Å². The van der Waals surface area contributed by atoms with E-state index in [1.165, 1.54) is 17.4 Å². The van der Waals surface area contributed by atoms with E-state index in [-0.39, 0.29) is 0 Å². The van der Waals surface area contributed by atoms with Gasteiger partial charge in [-0.1, -0.05) is 34.1 Å². The lowest BCUT2D eigenvalue weighted by molar-refractivity contribution is 0.219. The predicted molar refractivity (Wildman–Crippen MR) is 80.0 cm³/mol. The van der Waals surface area contributed by atoms with Crippen molar-refractivity contribution < 1.29 is 9.50 Å². The molecule has 19 heavy (non-hydrogen) atoms. The molecule has 4 heteroatoms. The van der Waals surface area contributed by atoms with Crippen molar-refractivity contribution >= 4 is 37.4 Å². The largest absolute Gasteiger partial charge is 0.383 e. The van der Waals surface area contributed by atoms with E-state index in [2.05, 4.69) is 15.9 Å². The van der Waals surface area contributed by atoms with E-state index < -0.39 is 11.9 Å². The van der Waals surface area contributed by atoms with Crippen LogP contribution in [-0.2, 0) is 0 Å². The van der Waals surface area contributed by atoms with E-state index in [0.29, 0.717) is 5.56 Å². The van der Waals surface area contributed by atoms with Crippen LogP contribution in [0.3, 0.4) is 0 Å². The maximum atomic E-state index is 13.8. The van der Waals surface area contributed by atoms with Crippen LogP contribution in [0, 0.1) is 5.82 Å². The van der Waals surface area contributed by atoms with Gasteiger partial charge in [-0.3, -0.25) is 0 Å². The van der Waals surface area contributed by atoms with Crippen molar-refractivity contribution in [2.45, 2.75) is 6.10 Å². The van der Waals surface area contributed by atoms with E-state index in [1.807, 2.05) is 30.3 Å². The fraction of sp³-hybridized carbons (Fsp3) is 0.0667. The molecule has 0 bridgehead atoms. The van der Waals surface area contributed by atoms with Gasteiger partial charge in [-0.2, -0.15) is 0 Å². The molecular formula is C15H10BrFOS. The molecule has 0 radical (unpaired) electrons. The van der Waals surface area contributed by atoms with Gasteiger partial charge in [-0.15, -0.1) is 11.3 Å². The Bertz CT molecular complexity index is 705. The van der Waals surface area contributed by atoms with Crippen molar-refractivity contribution in [2.24, 2.45) is 0 Å². The Labute approximate surface area is 122 Å². The van der Waals surface area contributed by atoms with Gasteiger partial charge in [-0.25, -0.2) is 4.39 Å². The van der Waals surface area contributed by atoms with Crippen molar-refractivity contribution in [2.75, 3.05) is 0 Å². The van der Waals surface area contributed by atoms with Gasteiger partial charge in [-0.05, 0) is 35.7 Å². The highest BCUT2D eigenvalue weighted by molar-refractivity contribution is 9.10. The number of aliphatic hydroxyl groups is 1. The normalized spacial score (nSPS) is 12.8. The molecule has 0 saturated carbocycles. The van der Waals surface area contributed by atoms with Crippen LogP contribution >= 0.6 is 27.3 Å². The first-order chi connectivity index (χ1) is 9.15. The van der Waals surface area contributed by atoms with E-state index in [4.69, 9.17) is 0 Å². The first-order valence-electron chi connectivity index (χ1n) is 5.76. The second kappa shape index (κ2) is 5.04.